The van der Waals surface area contributed by atoms with E-state index in [-0.39, 0.29) is 11.9 Å². The summed E-state index contributed by atoms with van der Waals surface area (Å²) in [6, 6.07) is 0.673. The van der Waals surface area contributed by atoms with Crippen molar-refractivity contribution < 1.29 is 4.79 Å². The zero-order valence-electron chi connectivity index (χ0n) is 11.7. The van der Waals surface area contributed by atoms with Crippen LogP contribution in [-0.4, -0.2) is 61.5 Å². The fourth-order valence-corrected chi connectivity index (χ4v) is 2.49. The minimum absolute atomic E-state index is 0.263. The Morgan fingerprint density at radius 1 is 1.59 bits per heavy atom. The first-order chi connectivity index (χ1) is 8.04. The summed E-state index contributed by atoms with van der Waals surface area (Å²) in [6.07, 6.45) is 2.94. The van der Waals surface area contributed by atoms with Crippen molar-refractivity contribution >= 4 is 5.91 Å². The van der Waals surface area contributed by atoms with Crippen LogP contribution < -0.4 is 5.32 Å². The molecule has 1 saturated heterocycles. The number of nitrogens with zero attached hydrogens (tertiary/aromatic N) is 2. The molecule has 0 spiro atoms. The molecule has 0 aliphatic carbocycles. The lowest BCUT2D eigenvalue weighted by atomic mass is 10.0. The fourth-order valence-electron chi connectivity index (χ4n) is 2.49. The molecular formula is C13H27N3O. The third kappa shape index (κ3) is 4.64. The molecular weight excluding hydrogens is 214 g/mol. The largest absolute Gasteiger partial charge is 0.341 e. The van der Waals surface area contributed by atoms with Gasteiger partial charge in [0, 0.05) is 32.1 Å². The third-order valence-corrected chi connectivity index (χ3v) is 3.57. The Morgan fingerprint density at radius 3 is 2.88 bits per heavy atom. The number of likely N-dealkylation sites (N-methyl/N-ethyl adjacent to an activating group) is 2. The van der Waals surface area contributed by atoms with E-state index in [9.17, 15) is 4.79 Å². The van der Waals surface area contributed by atoms with E-state index in [1.807, 2.05) is 11.9 Å². The molecule has 0 saturated carbocycles. The maximum atomic E-state index is 12.1. The molecule has 4 nitrogen and oxygen atoms in total. The molecule has 0 aromatic rings. The number of hydrogen-bond donors (Lipinski definition) is 1. The Balaban J connectivity index is 2.39. The molecule has 1 fully saturated rings. The number of carbonyl (C=O) groups is 1. The highest BCUT2D eigenvalue weighted by atomic mass is 16.2. The maximum Gasteiger partial charge on any atom is 0.224 e. The van der Waals surface area contributed by atoms with Gasteiger partial charge in [-0.2, -0.15) is 0 Å². The molecule has 2 unspecified atom stereocenters. The highest BCUT2D eigenvalue weighted by Crippen LogP contribution is 2.14. The van der Waals surface area contributed by atoms with Gasteiger partial charge in [-0.25, -0.2) is 0 Å². The Bertz CT molecular complexity index is 245. The van der Waals surface area contributed by atoms with Crippen LogP contribution in [0.15, 0.2) is 0 Å². The molecule has 4 heteroatoms. The summed E-state index contributed by atoms with van der Waals surface area (Å²) in [5, 5.41) is 3.29. The molecule has 0 bridgehead atoms. The van der Waals surface area contributed by atoms with E-state index in [0.29, 0.717) is 12.5 Å². The van der Waals surface area contributed by atoms with Crippen LogP contribution in [0.4, 0.5) is 0 Å². The van der Waals surface area contributed by atoms with Crippen LogP contribution in [0.1, 0.15) is 33.1 Å². The molecule has 2 atom stereocenters. The summed E-state index contributed by atoms with van der Waals surface area (Å²) in [5.74, 6) is 0.263. The zero-order chi connectivity index (χ0) is 12.8. The van der Waals surface area contributed by atoms with Gasteiger partial charge in [0.1, 0.15) is 0 Å². The second kappa shape index (κ2) is 6.97. The van der Waals surface area contributed by atoms with E-state index in [1.165, 1.54) is 6.42 Å². The van der Waals surface area contributed by atoms with Crippen LogP contribution in [0.25, 0.3) is 0 Å². The fraction of sp³-hybridized carbons (Fsp3) is 0.923. The molecule has 1 rings (SSSR count). The van der Waals surface area contributed by atoms with Gasteiger partial charge in [-0.3, -0.25) is 4.79 Å². The van der Waals surface area contributed by atoms with E-state index in [4.69, 9.17) is 0 Å². The highest BCUT2D eigenvalue weighted by molar-refractivity contribution is 5.76. The summed E-state index contributed by atoms with van der Waals surface area (Å²) >= 11 is 0. The van der Waals surface area contributed by atoms with Crippen molar-refractivity contribution in [3.63, 3.8) is 0 Å². The molecule has 1 N–H and O–H groups in total. The molecule has 1 aliphatic rings. The molecule has 17 heavy (non-hydrogen) atoms. The van der Waals surface area contributed by atoms with E-state index >= 15 is 0 Å². The molecule has 0 aromatic heterocycles. The predicted octanol–water partition coefficient (Wildman–Crippen LogP) is 0.927. The van der Waals surface area contributed by atoms with Gasteiger partial charge in [0.15, 0.2) is 0 Å². The Morgan fingerprint density at radius 2 is 2.29 bits per heavy atom. The van der Waals surface area contributed by atoms with Crippen molar-refractivity contribution in [3.8, 4) is 0 Å². The first kappa shape index (κ1) is 14.5. The summed E-state index contributed by atoms with van der Waals surface area (Å²) in [6.45, 7) is 7.23. The van der Waals surface area contributed by atoms with E-state index < -0.39 is 0 Å². The summed E-state index contributed by atoms with van der Waals surface area (Å²) in [7, 11) is 4.08. The van der Waals surface area contributed by atoms with E-state index in [1.54, 1.807) is 0 Å². The summed E-state index contributed by atoms with van der Waals surface area (Å²) in [5.41, 5.74) is 0. The minimum atomic E-state index is 0.263. The lowest BCUT2D eigenvalue weighted by Gasteiger charge is -2.36. The molecule has 1 heterocycles. The second-order valence-electron chi connectivity index (χ2n) is 5.23. The van der Waals surface area contributed by atoms with Crippen molar-refractivity contribution in [2.24, 2.45) is 0 Å². The molecule has 1 amide bonds. The van der Waals surface area contributed by atoms with Crippen LogP contribution in [-0.2, 0) is 4.79 Å². The smallest absolute Gasteiger partial charge is 0.224 e. The summed E-state index contributed by atoms with van der Waals surface area (Å²) in [4.78, 5) is 16.4. The Labute approximate surface area is 105 Å². The third-order valence-electron chi connectivity index (χ3n) is 3.57. The van der Waals surface area contributed by atoms with Crippen molar-refractivity contribution in [1.29, 1.82) is 0 Å². The van der Waals surface area contributed by atoms with Crippen molar-refractivity contribution in [3.05, 3.63) is 0 Å². The minimum Gasteiger partial charge on any atom is -0.341 e. The Hall–Kier alpha value is -0.610. The standard InChI is InChI=1S/C13H27N3O/c1-5-14-11(2)9-13(17)16(4)12-7-6-8-15(3)10-12/h11-12,14H,5-10H2,1-4H3. The van der Waals surface area contributed by atoms with Gasteiger partial charge in [0.25, 0.3) is 0 Å². The normalized spacial score (nSPS) is 23.4. The molecule has 0 radical (unpaired) electrons. The zero-order valence-corrected chi connectivity index (χ0v) is 11.7. The topological polar surface area (TPSA) is 35.6 Å². The Kier molecular flexibility index (Phi) is 5.92. The van der Waals surface area contributed by atoms with Gasteiger partial charge in [-0.05, 0) is 39.9 Å². The van der Waals surface area contributed by atoms with Crippen molar-refractivity contribution in [2.75, 3.05) is 33.7 Å². The van der Waals surface area contributed by atoms with Crippen LogP contribution in [0.5, 0.6) is 0 Å². The first-order valence-corrected chi connectivity index (χ1v) is 6.72. The van der Waals surface area contributed by atoms with Crippen LogP contribution in [0.3, 0.4) is 0 Å². The molecule has 0 aromatic carbocycles. The monoisotopic (exact) mass is 241 g/mol. The lowest BCUT2D eigenvalue weighted by Crippen LogP contribution is -2.48. The van der Waals surface area contributed by atoms with Gasteiger partial charge >= 0.3 is 0 Å². The number of nitrogens with one attached hydrogen (secondary N) is 1. The average Bonchev–Trinajstić information content (AvgIpc) is 2.28. The second-order valence-corrected chi connectivity index (χ2v) is 5.23. The predicted molar refractivity (Wildman–Crippen MR) is 71.0 cm³/mol. The van der Waals surface area contributed by atoms with Gasteiger partial charge < -0.3 is 15.1 Å². The van der Waals surface area contributed by atoms with Crippen LogP contribution in [0, 0.1) is 0 Å². The average molecular weight is 241 g/mol. The van der Waals surface area contributed by atoms with Gasteiger partial charge in [-0.15, -0.1) is 0 Å². The SMILES string of the molecule is CCNC(C)CC(=O)N(C)C1CCCN(C)C1. The lowest BCUT2D eigenvalue weighted by molar-refractivity contribution is -0.133. The highest BCUT2D eigenvalue weighted by Gasteiger charge is 2.24. The van der Waals surface area contributed by atoms with E-state index in [0.717, 1.165) is 26.1 Å². The number of rotatable bonds is 5. The number of carbonyl (C=O) groups excluding carboxylic acids is 1. The van der Waals surface area contributed by atoms with Crippen LogP contribution >= 0.6 is 0 Å². The van der Waals surface area contributed by atoms with E-state index in [2.05, 4.69) is 31.1 Å². The molecule has 100 valence electrons. The molecule has 1 aliphatic heterocycles. The van der Waals surface area contributed by atoms with Gasteiger partial charge in [0.2, 0.25) is 5.91 Å². The van der Waals surface area contributed by atoms with Crippen molar-refractivity contribution in [2.45, 2.75) is 45.2 Å². The number of amides is 1. The number of piperidine rings is 1. The summed E-state index contributed by atoms with van der Waals surface area (Å²) < 4.78 is 0. The number of hydrogen-bond acceptors (Lipinski definition) is 3. The van der Waals surface area contributed by atoms with Crippen molar-refractivity contribution in [1.82, 2.24) is 15.1 Å². The maximum absolute atomic E-state index is 12.1. The quantitative estimate of drug-likeness (QED) is 0.778. The first-order valence-electron chi connectivity index (χ1n) is 6.72. The van der Waals surface area contributed by atoms with Crippen LogP contribution in [0.2, 0.25) is 0 Å². The van der Waals surface area contributed by atoms with Gasteiger partial charge in [-0.1, -0.05) is 6.92 Å². The van der Waals surface area contributed by atoms with Gasteiger partial charge in [0.05, 0.1) is 0 Å². The number of likely N-dealkylation sites (tertiary alicyclic amines) is 1.